The van der Waals surface area contributed by atoms with E-state index in [-0.39, 0.29) is 23.5 Å². The minimum Gasteiger partial charge on any atom is -0.505 e. The van der Waals surface area contributed by atoms with Crippen molar-refractivity contribution in [2.24, 2.45) is 0 Å². The first-order chi connectivity index (χ1) is 20.1. The molecule has 0 aliphatic heterocycles. The number of aromatic nitrogens is 3. The van der Waals surface area contributed by atoms with Crippen LogP contribution in [0.3, 0.4) is 0 Å². The predicted octanol–water partition coefficient (Wildman–Crippen LogP) is 6.00. The Morgan fingerprint density at radius 3 is 1.98 bits per heavy atom. The molecule has 0 unspecified atom stereocenters. The van der Waals surface area contributed by atoms with Crippen molar-refractivity contribution in [3.63, 3.8) is 0 Å². The highest BCUT2D eigenvalue weighted by Crippen LogP contribution is 2.31. The van der Waals surface area contributed by atoms with E-state index in [0.29, 0.717) is 24.3 Å². The van der Waals surface area contributed by atoms with Gasteiger partial charge in [-0.2, -0.15) is 0 Å². The minimum absolute atomic E-state index is 0.127. The van der Waals surface area contributed by atoms with Crippen LogP contribution in [0.2, 0.25) is 0 Å². The zero-order valence-corrected chi connectivity index (χ0v) is 25.0. The fourth-order valence-corrected chi connectivity index (χ4v) is 4.48. The molecule has 0 aliphatic rings. The largest absolute Gasteiger partial charge is 0.505 e. The van der Waals surface area contributed by atoms with Crippen molar-refractivity contribution in [2.75, 3.05) is 11.4 Å². The summed E-state index contributed by atoms with van der Waals surface area (Å²) in [5, 5.41) is 20.5. The highest BCUT2D eigenvalue weighted by molar-refractivity contribution is 6.17. The maximum atomic E-state index is 12.6. The van der Waals surface area contributed by atoms with Crippen molar-refractivity contribution < 1.29 is 24.2 Å². The number of esters is 2. The summed E-state index contributed by atoms with van der Waals surface area (Å²) in [5.41, 5.74) is 5.26. The van der Waals surface area contributed by atoms with Crippen LogP contribution in [0.25, 0.3) is 22.8 Å². The first-order valence-corrected chi connectivity index (χ1v) is 14.2. The number of carbonyl (C=O) groups excluding carboxylic acids is 2. The number of hydrogen-bond donors (Lipinski definition) is 1. The number of fused-ring (bicyclic) bond motifs is 1. The van der Waals surface area contributed by atoms with Crippen molar-refractivity contribution in [1.29, 1.82) is 0 Å². The lowest BCUT2D eigenvalue weighted by atomic mass is 10.0. The van der Waals surface area contributed by atoms with Crippen molar-refractivity contribution in [3.05, 3.63) is 82.9 Å². The molecule has 0 amide bonds. The molecule has 4 aromatic rings. The predicted molar refractivity (Wildman–Crippen MR) is 164 cm³/mol. The maximum absolute atomic E-state index is 12.6. The number of nitrogens with zero attached hydrogens (tertiary/aromatic N) is 4. The number of rotatable bonds is 11. The van der Waals surface area contributed by atoms with E-state index in [1.54, 1.807) is 27.7 Å². The van der Waals surface area contributed by atoms with Gasteiger partial charge in [0.15, 0.2) is 0 Å². The summed E-state index contributed by atoms with van der Waals surface area (Å²) in [5.74, 6) is -1.32. The highest BCUT2D eigenvalue weighted by Gasteiger charge is 2.23. The quantitative estimate of drug-likeness (QED) is 0.101. The number of phenols is 1. The van der Waals surface area contributed by atoms with Gasteiger partial charge in [-0.05, 0) is 88.6 Å². The average molecular weight is 571 g/mol. The van der Waals surface area contributed by atoms with Crippen LogP contribution < -0.4 is 4.90 Å². The maximum Gasteiger partial charge on any atom is 0.345 e. The average Bonchev–Trinajstić information content (AvgIpc) is 3.39. The van der Waals surface area contributed by atoms with Gasteiger partial charge in [0, 0.05) is 24.3 Å². The van der Waals surface area contributed by atoms with Gasteiger partial charge in [-0.3, -0.25) is 0 Å². The van der Waals surface area contributed by atoms with E-state index in [1.165, 1.54) is 10.9 Å². The van der Waals surface area contributed by atoms with E-state index in [1.807, 2.05) is 67.6 Å². The monoisotopic (exact) mass is 570 g/mol. The topological polar surface area (TPSA) is 107 Å². The van der Waals surface area contributed by atoms with Gasteiger partial charge < -0.3 is 19.5 Å². The number of ether oxygens (including phenoxy) is 2. The Labute approximate surface area is 246 Å². The van der Waals surface area contributed by atoms with Gasteiger partial charge in [0.05, 0.1) is 12.2 Å². The van der Waals surface area contributed by atoms with Gasteiger partial charge in [0.2, 0.25) is 0 Å². The summed E-state index contributed by atoms with van der Waals surface area (Å²) < 4.78 is 10.5. The van der Waals surface area contributed by atoms with Crippen molar-refractivity contribution in [2.45, 2.75) is 66.7 Å². The van der Waals surface area contributed by atoms with Gasteiger partial charge in [-0.15, -0.1) is 15.0 Å². The summed E-state index contributed by atoms with van der Waals surface area (Å²) in [7, 11) is 0. The number of phenolic OH excluding ortho intramolecular Hbond substituents is 1. The molecule has 1 aromatic heterocycles. The van der Waals surface area contributed by atoms with Crippen LogP contribution in [0.1, 0.15) is 58.2 Å². The van der Waals surface area contributed by atoms with Crippen molar-refractivity contribution in [1.82, 2.24) is 15.0 Å². The van der Waals surface area contributed by atoms with E-state index in [4.69, 9.17) is 9.47 Å². The van der Waals surface area contributed by atoms with Crippen LogP contribution in [-0.2, 0) is 32.0 Å². The Bertz CT molecular complexity index is 1530. The van der Waals surface area contributed by atoms with Crippen LogP contribution in [0.15, 0.2) is 66.2 Å². The van der Waals surface area contributed by atoms with Gasteiger partial charge in [0.1, 0.15) is 28.0 Å². The van der Waals surface area contributed by atoms with Crippen LogP contribution in [0.5, 0.6) is 5.75 Å². The second kappa shape index (κ2) is 13.3. The fraction of sp³-hybridized carbons (Fsp3) is 0.333. The Hall–Kier alpha value is -4.66. The molecule has 42 heavy (non-hydrogen) atoms. The smallest absolute Gasteiger partial charge is 0.345 e. The molecule has 1 N–H and O–H groups in total. The first-order valence-electron chi connectivity index (χ1n) is 14.2. The summed E-state index contributed by atoms with van der Waals surface area (Å²) >= 11 is 0. The normalized spacial score (nSPS) is 11.1. The lowest BCUT2D eigenvalue weighted by Gasteiger charge is -2.25. The number of aromatic hydroxyl groups is 1. The second-order valence-electron chi connectivity index (χ2n) is 10.5. The zero-order valence-electron chi connectivity index (χ0n) is 25.0. The molecule has 0 saturated carbocycles. The van der Waals surface area contributed by atoms with E-state index in [0.717, 1.165) is 34.3 Å². The molecule has 0 saturated heterocycles. The Morgan fingerprint density at radius 2 is 1.48 bits per heavy atom. The third kappa shape index (κ3) is 7.15. The van der Waals surface area contributed by atoms with Crippen molar-refractivity contribution >= 4 is 34.7 Å². The molecule has 0 spiro atoms. The van der Waals surface area contributed by atoms with E-state index >= 15 is 0 Å². The van der Waals surface area contributed by atoms with Gasteiger partial charge in [0.25, 0.3) is 0 Å². The third-order valence-electron chi connectivity index (χ3n) is 6.58. The summed E-state index contributed by atoms with van der Waals surface area (Å²) in [6.07, 6.45) is 1.52. The molecule has 0 atom stereocenters. The van der Waals surface area contributed by atoms with Gasteiger partial charge >= 0.3 is 11.9 Å². The van der Waals surface area contributed by atoms with Gasteiger partial charge in [-0.1, -0.05) is 37.3 Å². The zero-order chi connectivity index (χ0) is 30.4. The Morgan fingerprint density at radius 1 is 0.905 bits per heavy atom. The molecule has 0 bridgehead atoms. The minimum atomic E-state index is -0.725. The molecule has 9 heteroatoms. The standard InChI is InChI=1S/C33H38N4O5/c1-7-23-17-25(31(38)30(19-23)37-34-28-11-9-10-12-29(28)35-37)20-36(8-2)26-15-13-24(14-16-26)18-27(32(39)41-21(3)4)33(40)42-22(5)6/h9-19,21-22,38H,7-8,20H2,1-6H3. The Kier molecular flexibility index (Phi) is 9.62. The van der Waals surface area contributed by atoms with Crippen LogP contribution in [0, 0.1) is 0 Å². The van der Waals surface area contributed by atoms with E-state index in [2.05, 4.69) is 22.0 Å². The fourth-order valence-electron chi connectivity index (χ4n) is 4.48. The van der Waals surface area contributed by atoms with E-state index in [9.17, 15) is 14.7 Å². The molecule has 3 aromatic carbocycles. The lowest BCUT2D eigenvalue weighted by Crippen LogP contribution is -2.23. The molecular weight excluding hydrogens is 532 g/mol. The number of hydrogen-bond acceptors (Lipinski definition) is 8. The molecule has 1 heterocycles. The second-order valence-corrected chi connectivity index (χ2v) is 10.5. The number of anilines is 1. The molecule has 220 valence electrons. The van der Waals surface area contributed by atoms with E-state index < -0.39 is 11.9 Å². The van der Waals surface area contributed by atoms with Crippen LogP contribution in [-0.4, -0.2) is 50.8 Å². The van der Waals surface area contributed by atoms with Gasteiger partial charge in [-0.25, -0.2) is 9.59 Å². The summed E-state index contributed by atoms with van der Waals surface area (Å²) in [4.78, 5) is 28.9. The number of carbonyl (C=O) groups is 2. The lowest BCUT2D eigenvalue weighted by molar-refractivity contribution is -0.150. The molecular formula is C33H38N4O5. The summed E-state index contributed by atoms with van der Waals surface area (Å²) in [6, 6.07) is 19.0. The summed E-state index contributed by atoms with van der Waals surface area (Å²) in [6.45, 7) is 12.1. The van der Waals surface area contributed by atoms with Crippen LogP contribution >= 0.6 is 0 Å². The molecule has 9 nitrogen and oxygen atoms in total. The molecule has 0 fully saturated rings. The first kappa shape index (κ1) is 30.3. The molecule has 4 rings (SSSR count). The molecule has 0 aliphatic carbocycles. The molecule has 0 radical (unpaired) electrons. The van der Waals surface area contributed by atoms with Crippen LogP contribution in [0.4, 0.5) is 5.69 Å². The Balaban J connectivity index is 1.62. The van der Waals surface area contributed by atoms with Crippen molar-refractivity contribution in [3.8, 4) is 11.4 Å². The number of aryl methyl sites for hydroxylation is 1. The number of benzene rings is 3. The highest BCUT2D eigenvalue weighted by atomic mass is 16.6. The SMILES string of the molecule is CCc1cc(CN(CC)c2ccc(C=C(C(=O)OC(C)C)C(=O)OC(C)C)cc2)c(O)c(-n2nc3ccccc3n2)c1. The third-order valence-corrected chi connectivity index (χ3v) is 6.58.